The fourth-order valence-electron chi connectivity index (χ4n) is 3.18. The molecule has 0 saturated heterocycles. The van der Waals surface area contributed by atoms with Crippen molar-refractivity contribution in [2.24, 2.45) is 5.73 Å². The molecule has 0 bridgehead atoms. The first-order valence-corrected chi connectivity index (χ1v) is 8.27. The van der Waals surface area contributed by atoms with Crippen LogP contribution in [-0.4, -0.2) is 18.4 Å². The Morgan fingerprint density at radius 3 is 2.83 bits per heavy atom. The summed E-state index contributed by atoms with van der Waals surface area (Å²) >= 11 is 6.34. The standard InChI is InChI=1S/C18H18ClNO4/c1-2-23-18(22)16-14(10-6-3-4-7-11(10)19)15-12(21)8-5-9-13(15)24-17(16)20/h3-4,6-7,14H,2,5,8-9,20H2,1H3/t14-/m1/s1. The van der Waals surface area contributed by atoms with Crippen molar-refractivity contribution in [3.05, 3.63) is 57.6 Å². The largest absolute Gasteiger partial charge is 0.462 e. The van der Waals surface area contributed by atoms with Crippen LogP contribution in [0.25, 0.3) is 0 Å². The quantitative estimate of drug-likeness (QED) is 0.849. The SMILES string of the molecule is CCOC(=O)C1=C(N)OC2=C(C(=O)CCC2)[C@H]1c1ccccc1Cl. The van der Waals surface area contributed by atoms with Gasteiger partial charge in [0.25, 0.3) is 0 Å². The smallest absolute Gasteiger partial charge is 0.340 e. The summed E-state index contributed by atoms with van der Waals surface area (Å²) in [5, 5.41) is 0.462. The van der Waals surface area contributed by atoms with Gasteiger partial charge in [-0.15, -0.1) is 0 Å². The van der Waals surface area contributed by atoms with Gasteiger partial charge in [-0.2, -0.15) is 0 Å². The molecule has 5 nitrogen and oxygen atoms in total. The Morgan fingerprint density at radius 2 is 2.12 bits per heavy atom. The topological polar surface area (TPSA) is 78.6 Å². The number of hydrogen-bond donors (Lipinski definition) is 1. The lowest BCUT2D eigenvalue weighted by Gasteiger charge is -2.32. The Kier molecular flexibility index (Phi) is 4.62. The van der Waals surface area contributed by atoms with Crippen molar-refractivity contribution in [2.75, 3.05) is 6.61 Å². The van der Waals surface area contributed by atoms with Gasteiger partial charge in [0.2, 0.25) is 5.88 Å². The average Bonchev–Trinajstić information content (AvgIpc) is 2.54. The fraction of sp³-hybridized carbons (Fsp3) is 0.333. The number of benzene rings is 1. The predicted molar refractivity (Wildman–Crippen MR) is 89.0 cm³/mol. The summed E-state index contributed by atoms with van der Waals surface area (Å²) in [6.45, 7) is 1.91. The summed E-state index contributed by atoms with van der Waals surface area (Å²) in [5.74, 6) is -0.789. The molecule has 24 heavy (non-hydrogen) atoms. The minimum Gasteiger partial charge on any atom is -0.462 e. The van der Waals surface area contributed by atoms with Crippen molar-refractivity contribution in [3.63, 3.8) is 0 Å². The highest BCUT2D eigenvalue weighted by atomic mass is 35.5. The van der Waals surface area contributed by atoms with Gasteiger partial charge in [0.15, 0.2) is 5.78 Å². The van der Waals surface area contributed by atoms with E-state index in [1.165, 1.54) is 0 Å². The first-order valence-electron chi connectivity index (χ1n) is 7.89. The molecule has 0 unspecified atom stereocenters. The number of carbonyl (C=O) groups excluding carboxylic acids is 2. The second-order valence-electron chi connectivity index (χ2n) is 5.67. The summed E-state index contributed by atoms with van der Waals surface area (Å²) in [7, 11) is 0. The molecule has 1 aromatic carbocycles. The number of allylic oxidation sites excluding steroid dienone is 2. The van der Waals surface area contributed by atoms with Crippen LogP contribution < -0.4 is 5.73 Å². The van der Waals surface area contributed by atoms with Gasteiger partial charge >= 0.3 is 5.97 Å². The normalized spacial score (nSPS) is 20.6. The van der Waals surface area contributed by atoms with E-state index in [1.54, 1.807) is 25.1 Å². The zero-order valence-corrected chi connectivity index (χ0v) is 14.1. The monoisotopic (exact) mass is 347 g/mol. The third-order valence-corrected chi connectivity index (χ3v) is 4.54. The van der Waals surface area contributed by atoms with Gasteiger partial charge in [0.05, 0.1) is 12.5 Å². The molecule has 1 aliphatic carbocycles. The average molecular weight is 348 g/mol. The fourth-order valence-corrected chi connectivity index (χ4v) is 3.43. The summed E-state index contributed by atoms with van der Waals surface area (Å²) in [6, 6.07) is 7.11. The molecule has 1 aromatic rings. The number of carbonyl (C=O) groups is 2. The number of halogens is 1. The van der Waals surface area contributed by atoms with Crippen molar-refractivity contribution in [1.29, 1.82) is 0 Å². The van der Waals surface area contributed by atoms with E-state index in [9.17, 15) is 9.59 Å². The Bertz CT molecular complexity index is 766. The van der Waals surface area contributed by atoms with Crippen LogP contribution in [0.1, 0.15) is 37.7 Å². The lowest BCUT2D eigenvalue weighted by atomic mass is 9.77. The molecule has 1 heterocycles. The summed E-state index contributed by atoms with van der Waals surface area (Å²) in [5.41, 5.74) is 7.26. The van der Waals surface area contributed by atoms with E-state index in [0.717, 1.165) is 0 Å². The molecule has 2 aliphatic rings. The van der Waals surface area contributed by atoms with Crippen LogP contribution in [-0.2, 0) is 19.1 Å². The van der Waals surface area contributed by atoms with E-state index in [-0.39, 0.29) is 23.8 Å². The van der Waals surface area contributed by atoms with Gasteiger partial charge in [-0.25, -0.2) is 4.79 Å². The molecule has 126 valence electrons. The van der Waals surface area contributed by atoms with Crippen molar-refractivity contribution in [1.82, 2.24) is 0 Å². The highest BCUT2D eigenvalue weighted by Gasteiger charge is 2.41. The second-order valence-corrected chi connectivity index (χ2v) is 6.08. The molecule has 0 amide bonds. The van der Waals surface area contributed by atoms with Crippen LogP contribution in [0.15, 0.2) is 47.1 Å². The maximum atomic E-state index is 12.6. The van der Waals surface area contributed by atoms with E-state index >= 15 is 0 Å². The number of ether oxygens (including phenoxy) is 2. The lowest BCUT2D eigenvalue weighted by Crippen LogP contribution is -2.31. The molecule has 3 rings (SSSR count). The second kappa shape index (κ2) is 6.69. The highest BCUT2D eigenvalue weighted by Crippen LogP contribution is 2.45. The highest BCUT2D eigenvalue weighted by molar-refractivity contribution is 6.31. The predicted octanol–water partition coefficient (Wildman–Crippen LogP) is 3.19. The molecule has 1 aliphatic heterocycles. The number of esters is 1. The molecule has 0 saturated carbocycles. The van der Waals surface area contributed by atoms with Gasteiger partial charge < -0.3 is 15.2 Å². The zero-order valence-electron chi connectivity index (χ0n) is 13.3. The molecule has 2 N–H and O–H groups in total. The van der Waals surface area contributed by atoms with Gasteiger partial charge in [-0.3, -0.25) is 4.79 Å². The van der Waals surface area contributed by atoms with Crippen molar-refractivity contribution >= 4 is 23.4 Å². The summed E-state index contributed by atoms with van der Waals surface area (Å²) < 4.78 is 10.7. The molecule has 0 fully saturated rings. The third kappa shape index (κ3) is 2.80. The Balaban J connectivity index is 2.19. The van der Waals surface area contributed by atoms with Crippen LogP contribution in [0.2, 0.25) is 5.02 Å². The van der Waals surface area contributed by atoms with Crippen molar-refractivity contribution in [2.45, 2.75) is 32.1 Å². The molecular formula is C18H18ClNO4. The number of nitrogens with two attached hydrogens (primary N) is 1. The number of rotatable bonds is 3. The van der Waals surface area contributed by atoms with E-state index in [4.69, 9.17) is 26.8 Å². The zero-order chi connectivity index (χ0) is 17.3. The lowest BCUT2D eigenvalue weighted by molar-refractivity contribution is -0.139. The number of Topliss-reactive ketones (excluding diaryl/α,β-unsaturated/α-hetero) is 1. The van der Waals surface area contributed by atoms with E-state index in [2.05, 4.69) is 0 Å². The minimum absolute atomic E-state index is 0.0215. The molecule has 0 aromatic heterocycles. The number of hydrogen-bond acceptors (Lipinski definition) is 5. The molecular weight excluding hydrogens is 330 g/mol. The van der Waals surface area contributed by atoms with Gasteiger partial charge in [0, 0.05) is 23.4 Å². The van der Waals surface area contributed by atoms with Crippen LogP contribution >= 0.6 is 11.6 Å². The maximum absolute atomic E-state index is 12.6. The third-order valence-electron chi connectivity index (χ3n) is 4.20. The van der Waals surface area contributed by atoms with Gasteiger partial charge in [0.1, 0.15) is 11.3 Å². The van der Waals surface area contributed by atoms with Crippen LogP contribution in [0.4, 0.5) is 0 Å². The van der Waals surface area contributed by atoms with Crippen molar-refractivity contribution < 1.29 is 19.1 Å². The van der Waals surface area contributed by atoms with E-state index < -0.39 is 11.9 Å². The molecule has 0 radical (unpaired) electrons. The first-order chi connectivity index (χ1) is 11.5. The minimum atomic E-state index is -0.658. The van der Waals surface area contributed by atoms with Crippen LogP contribution in [0.3, 0.4) is 0 Å². The van der Waals surface area contributed by atoms with Crippen LogP contribution in [0, 0.1) is 0 Å². The summed E-state index contributed by atoms with van der Waals surface area (Å²) in [4.78, 5) is 25.0. The van der Waals surface area contributed by atoms with Gasteiger partial charge in [-0.1, -0.05) is 29.8 Å². The molecule has 0 spiro atoms. The van der Waals surface area contributed by atoms with E-state index in [0.29, 0.717) is 41.2 Å². The number of ketones is 1. The summed E-state index contributed by atoms with van der Waals surface area (Å²) in [6.07, 6.45) is 1.73. The molecule has 6 heteroatoms. The van der Waals surface area contributed by atoms with E-state index in [1.807, 2.05) is 6.07 Å². The maximum Gasteiger partial charge on any atom is 0.340 e. The van der Waals surface area contributed by atoms with Crippen LogP contribution in [0.5, 0.6) is 0 Å². The Morgan fingerprint density at radius 1 is 1.38 bits per heavy atom. The van der Waals surface area contributed by atoms with Gasteiger partial charge in [-0.05, 0) is 25.0 Å². The Labute approximate surface area is 145 Å². The first kappa shape index (κ1) is 16.6. The molecule has 1 atom stereocenters. The van der Waals surface area contributed by atoms with Crippen molar-refractivity contribution in [3.8, 4) is 0 Å². The Hall–Kier alpha value is -2.27.